The van der Waals surface area contributed by atoms with Gasteiger partial charge in [-0.3, -0.25) is 4.79 Å². The van der Waals surface area contributed by atoms with Gasteiger partial charge in [0, 0.05) is 42.5 Å². The topological polar surface area (TPSA) is 105 Å². The molecule has 11 heteroatoms. The van der Waals surface area contributed by atoms with E-state index in [0.29, 0.717) is 79.7 Å². The molecule has 0 unspecified atom stereocenters. The van der Waals surface area contributed by atoms with Crippen molar-refractivity contribution >= 4 is 26.7 Å². The van der Waals surface area contributed by atoms with Crippen LogP contribution in [0.3, 0.4) is 0 Å². The number of morpholine rings is 1. The molecule has 2 aliphatic heterocycles. The number of aryl methyl sites for hydroxylation is 1. The highest BCUT2D eigenvalue weighted by Crippen LogP contribution is 2.35. The van der Waals surface area contributed by atoms with Crippen molar-refractivity contribution in [2.24, 2.45) is 0 Å². The maximum atomic E-state index is 13.8. The Balaban J connectivity index is 1.30. The van der Waals surface area contributed by atoms with E-state index in [0.717, 1.165) is 16.8 Å². The summed E-state index contributed by atoms with van der Waals surface area (Å²) < 4.78 is 47.3. The second-order valence-electron chi connectivity index (χ2n) is 10.7. The van der Waals surface area contributed by atoms with Crippen LogP contribution in [-0.2, 0) is 21.3 Å². The van der Waals surface area contributed by atoms with Crippen LogP contribution < -0.4 is 19.9 Å². The van der Waals surface area contributed by atoms with Gasteiger partial charge in [-0.2, -0.15) is 0 Å². The number of hydrogen-bond donors (Lipinski definition) is 0. The standard InChI is InChI=1S/C32H30N4O6S/c1-22-2-5-26(6-3-22)43(38,39)36-21-28(27-18-25(19-33-32(27)36)34-10-12-40-13-11-34)24-8-9-35(31(37)17-24)20-23-4-7-29-30(16-23)42-15-14-41-29/h2-9,16-19,21H,10-15,20H2,1H3. The van der Waals surface area contributed by atoms with Crippen LogP contribution in [0.1, 0.15) is 11.1 Å². The molecule has 5 heterocycles. The lowest BCUT2D eigenvalue weighted by Gasteiger charge is -2.28. The summed E-state index contributed by atoms with van der Waals surface area (Å²) in [6.07, 6.45) is 4.99. The molecular formula is C32H30N4O6S. The number of aromatic nitrogens is 3. The van der Waals surface area contributed by atoms with Gasteiger partial charge in [0.2, 0.25) is 0 Å². The van der Waals surface area contributed by atoms with Crippen LogP contribution in [0.15, 0.2) is 88.9 Å². The lowest BCUT2D eigenvalue weighted by atomic mass is 10.1. The zero-order chi connectivity index (χ0) is 29.6. The van der Waals surface area contributed by atoms with Gasteiger partial charge in [-0.25, -0.2) is 17.4 Å². The Hall–Kier alpha value is -4.61. The Morgan fingerprint density at radius 1 is 0.884 bits per heavy atom. The summed E-state index contributed by atoms with van der Waals surface area (Å²) in [5, 5.41) is 0.642. The van der Waals surface area contributed by atoms with E-state index < -0.39 is 10.0 Å². The van der Waals surface area contributed by atoms with E-state index in [1.807, 2.05) is 37.3 Å². The molecule has 0 radical (unpaired) electrons. The first-order valence-corrected chi connectivity index (χ1v) is 15.6. The van der Waals surface area contributed by atoms with Gasteiger partial charge >= 0.3 is 0 Å². The van der Waals surface area contributed by atoms with Gasteiger partial charge < -0.3 is 23.7 Å². The van der Waals surface area contributed by atoms with Crippen LogP contribution in [0.4, 0.5) is 5.69 Å². The highest BCUT2D eigenvalue weighted by atomic mass is 32.2. The van der Waals surface area contributed by atoms with E-state index in [1.165, 1.54) is 10.0 Å². The molecule has 0 bridgehead atoms. The lowest BCUT2D eigenvalue weighted by Crippen LogP contribution is -2.36. The fourth-order valence-corrected chi connectivity index (χ4v) is 6.81. The summed E-state index contributed by atoms with van der Waals surface area (Å²) in [6.45, 7) is 5.89. The van der Waals surface area contributed by atoms with Crippen molar-refractivity contribution in [3.63, 3.8) is 0 Å². The molecule has 2 aromatic carbocycles. The molecule has 0 aliphatic carbocycles. The van der Waals surface area contributed by atoms with Crippen molar-refractivity contribution in [3.05, 3.63) is 101 Å². The Morgan fingerprint density at radius 3 is 2.42 bits per heavy atom. The van der Waals surface area contributed by atoms with Crippen molar-refractivity contribution in [2.75, 3.05) is 44.4 Å². The monoisotopic (exact) mass is 598 g/mol. The van der Waals surface area contributed by atoms with Gasteiger partial charge in [0.25, 0.3) is 15.6 Å². The van der Waals surface area contributed by atoms with E-state index in [4.69, 9.17) is 14.2 Å². The second kappa shape index (κ2) is 10.9. The third-order valence-electron chi connectivity index (χ3n) is 7.82. The normalized spacial score (nSPS) is 15.1. The largest absolute Gasteiger partial charge is 0.486 e. The molecule has 2 aliphatic rings. The molecule has 3 aromatic heterocycles. The molecule has 0 saturated carbocycles. The van der Waals surface area contributed by atoms with Gasteiger partial charge in [-0.15, -0.1) is 0 Å². The van der Waals surface area contributed by atoms with E-state index in [-0.39, 0.29) is 10.5 Å². The quantitative estimate of drug-likeness (QED) is 0.288. The predicted octanol–water partition coefficient (Wildman–Crippen LogP) is 4.07. The zero-order valence-corrected chi connectivity index (χ0v) is 24.4. The van der Waals surface area contributed by atoms with Gasteiger partial charge in [0.05, 0.1) is 36.5 Å². The predicted molar refractivity (Wildman–Crippen MR) is 163 cm³/mol. The minimum atomic E-state index is -3.96. The van der Waals surface area contributed by atoms with Gasteiger partial charge in [-0.1, -0.05) is 23.8 Å². The van der Waals surface area contributed by atoms with E-state index in [9.17, 15) is 13.2 Å². The fourth-order valence-electron chi connectivity index (χ4n) is 5.49. The molecule has 1 saturated heterocycles. The molecule has 43 heavy (non-hydrogen) atoms. The van der Waals surface area contributed by atoms with E-state index >= 15 is 0 Å². The molecule has 220 valence electrons. The number of fused-ring (bicyclic) bond motifs is 2. The van der Waals surface area contributed by atoms with Crippen LogP contribution in [0.2, 0.25) is 0 Å². The Morgan fingerprint density at radius 2 is 1.65 bits per heavy atom. The van der Waals surface area contributed by atoms with Crippen LogP contribution in [0.25, 0.3) is 22.2 Å². The highest BCUT2D eigenvalue weighted by molar-refractivity contribution is 7.90. The summed E-state index contributed by atoms with van der Waals surface area (Å²) in [5.41, 5.74) is 4.03. The average Bonchev–Trinajstić information content (AvgIpc) is 3.42. The first-order chi connectivity index (χ1) is 20.9. The molecule has 0 N–H and O–H groups in total. The molecule has 5 aromatic rings. The minimum absolute atomic E-state index is 0.162. The number of rotatable bonds is 6. The summed E-state index contributed by atoms with van der Waals surface area (Å²) in [7, 11) is -3.96. The average molecular weight is 599 g/mol. The van der Waals surface area contributed by atoms with Crippen molar-refractivity contribution in [3.8, 4) is 22.6 Å². The summed E-state index contributed by atoms with van der Waals surface area (Å²) in [5.74, 6) is 1.36. The zero-order valence-electron chi connectivity index (χ0n) is 23.6. The fraction of sp³-hybridized carbons (Fsp3) is 0.250. The van der Waals surface area contributed by atoms with Crippen molar-refractivity contribution in [1.82, 2.24) is 13.5 Å². The maximum absolute atomic E-state index is 13.8. The van der Waals surface area contributed by atoms with Crippen molar-refractivity contribution < 1.29 is 22.6 Å². The van der Waals surface area contributed by atoms with Gasteiger partial charge in [0.15, 0.2) is 17.1 Å². The van der Waals surface area contributed by atoms with E-state index in [2.05, 4.69) is 9.88 Å². The highest BCUT2D eigenvalue weighted by Gasteiger charge is 2.24. The molecular weight excluding hydrogens is 568 g/mol. The third kappa shape index (κ3) is 5.15. The number of ether oxygens (including phenoxy) is 3. The molecule has 0 spiro atoms. The molecule has 1 fully saturated rings. The minimum Gasteiger partial charge on any atom is -0.486 e. The Labute approximate surface area is 248 Å². The molecule has 7 rings (SSSR count). The Bertz CT molecular complexity index is 1990. The number of anilines is 1. The molecule has 0 atom stereocenters. The van der Waals surface area contributed by atoms with Gasteiger partial charge in [-0.05, 0) is 54.4 Å². The Kier molecular flexibility index (Phi) is 6.91. The maximum Gasteiger partial charge on any atom is 0.269 e. The van der Waals surface area contributed by atoms with Gasteiger partial charge in [0.1, 0.15) is 13.2 Å². The smallest absolute Gasteiger partial charge is 0.269 e. The van der Waals surface area contributed by atoms with Crippen LogP contribution in [0.5, 0.6) is 11.5 Å². The molecule has 0 amide bonds. The number of pyridine rings is 2. The third-order valence-corrected chi connectivity index (χ3v) is 9.48. The first-order valence-electron chi connectivity index (χ1n) is 14.1. The van der Waals surface area contributed by atoms with Crippen LogP contribution in [-0.4, -0.2) is 61.5 Å². The molecule has 10 nitrogen and oxygen atoms in total. The van der Waals surface area contributed by atoms with Crippen molar-refractivity contribution in [2.45, 2.75) is 18.4 Å². The summed E-state index contributed by atoms with van der Waals surface area (Å²) in [6, 6.07) is 17.7. The SMILES string of the molecule is Cc1ccc(S(=O)(=O)n2cc(-c3ccn(Cc4ccc5c(c4)OCCO5)c(=O)c3)c3cc(N4CCOCC4)cnc32)cc1. The summed E-state index contributed by atoms with van der Waals surface area (Å²) >= 11 is 0. The second-order valence-corrected chi connectivity index (χ2v) is 12.5. The summed E-state index contributed by atoms with van der Waals surface area (Å²) in [4.78, 5) is 20.3. The lowest BCUT2D eigenvalue weighted by molar-refractivity contribution is 0.122. The van der Waals surface area contributed by atoms with Crippen LogP contribution in [0, 0.1) is 6.92 Å². The number of hydrogen-bond acceptors (Lipinski definition) is 8. The first kappa shape index (κ1) is 27.2. The van der Waals surface area contributed by atoms with Crippen LogP contribution >= 0.6 is 0 Å². The van der Waals surface area contributed by atoms with E-state index in [1.54, 1.807) is 47.4 Å². The number of nitrogens with zero attached hydrogens (tertiary/aromatic N) is 4. The number of benzene rings is 2. The van der Waals surface area contributed by atoms with Crippen molar-refractivity contribution in [1.29, 1.82) is 0 Å².